The van der Waals surface area contributed by atoms with Gasteiger partial charge in [-0.25, -0.2) is 4.79 Å². The van der Waals surface area contributed by atoms with Gasteiger partial charge in [0.05, 0.1) is 10.9 Å². The van der Waals surface area contributed by atoms with Crippen LogP contribution in [-0.2, 0) is 15.3 Å². The van der Waals surface area contributed by atoms with Crippen molar-refractivity contribution in [2.24, 2.45) is 5.92 Å². The highest BCUT2D eigenvalue weighted by molar-refractivity contribution is 6.87. The Kier molecular flexibility index (Phi) is 8.20. The van der Waals surface area contributed by atoms with E-state index in [4.69, 9.17) is 13.9 Å². The SMILES string of the molecule is CO[C@@](O)(CCCCC1CCCN(C(=O)OC(C)(C)C)C1)c1cccc2cc([Si](C)(C)C)oc12. The van der Waals surface area contributed by atoms with Crippen molar-refractivity contribution >= 4 is 30.5 Å². The van der Waals surface area contributed by atoms with Crippen LogP contribution < -0.4 is 5.38 Å². The number of aliphatic hydroxyl groups is 1. The maximum Gasteiger partial charge on any atom is 0.410 e. The number of unbranched alkanes of at least 4 members (excludes halogenated alkanes) is 1. The summed E-state index contributed by atoms with van der Waals surface area (Å²) in [6, 6.07) is 8.00. The summed E-state index contributed by atoms with van der Waals surface area (Å²) >= 11 is 0. The minimum absolute atomic E-state index is 0.213. The molecule has 1 N–H and O–H groups in total. The number of amides is 1. The van der Waals surface area contributed by atoms with Gasteiger partial charge in [-0.3, -0.25) is 0 Å². The Balaban J connectivity index is 1.59. The molecule has 0 aliphatic carbocycles. The van der Waals surface area contributed by atoms with E-state index in [1.54, 1.807) is 7.11 Å². The summed E-state index contributed by atoms with van der Waals surface area (Å²) in [6.07, 6.45) is 5.22. The van der Waals surface area contributed by atoms with Gasteiger partial charge in [0.1, 0.15) is 19.3 Å². The van der Waals surface area contributed by atoms with Crippen LogP contribution in [0.4, 0.5) is 4.79 Å². The van der Waals surface area contributed by atoms with Gasteiger partial charge in [-0.1, -0.05) is 38.2 Å². The molecule has 1 aromatic heterocycles. The molecule has 190 valence electrons. The van der Waals surface area contributed by atoms with Gasteiger partial charge >= 0.3 is 6.09 Å². The van der Waals surface area contributed by atoms with Crippen molar-refractivity contribution < 1.29 is 23.8 Å². The van der Waals surface area contributed by atoms with Crippen molar-refractivity contribution in [3.8, 4) is 0 Å². The summed E-state index contributed by atoms with van der Waals surface area (Å²) in [5, 5.41) is 13.5. The monoisotopic (exact) mass is 489 g/mol. The maximum atomic E-state index is 12.4. The molecule has 1 aliphatic heterocycles. The van der Waals surface area contributed by atoms with Crippen LogP contribution in [0.25, 0.3) is 11.0 Å². The summed E-state index contributed by atoms with van der Waals surface area (Å²) in [4.78, 5) is 14.3. The first-order valence-corrected chi connectivity index (χ1v) is 16.1. The van der Waals surface area contributed by atoms with Crippen molar-refractivity contribution in [3.63, 3.8) is 0 Å². The Bertz CT molecular complexity index is 974. The average Bonchev–Trinajstić information content (AvgIpc) is 3.21. The third-order valence-electron chi connectivity index (χ3n) is 6.59. The van der Waals surface area contributed by atoms with E-state index in [0.717, 1.165) is 61.5 Å². The Hall–Kier alpha value is -1.83. The number of fused-ring (bicyclic) bond motifs is 1. The molecule has 1 aromatic carbocycles. The van der Waals surface area contributed by atoms with Crippen LogP contribution in [0.1, 0.15) is 64.9 Å². The fourth-order valence-electron chi connectivity index (χ4n) is 4.68. The minimum atomic E-state index is -1.61. The van der Waals surface area contributed by atoms with E-state index in [2.05, 4.69) is 25.7 Å². The molecule has 0 saturated carbocycles. The van der Waals surface area contributed by atoms with E-state index in [0.29, 0.717) is 17.9 Å². The van der Waals surface area contributed by atoms with E-state index in [9.17, 15) is 9.90 Å². The van der Waals surface area contributed by atoms with Crippen LogP contribution in [0.5, 0.6) is 0 Å². The number of benzene rings is 1. The number of piperidine rings is 1. The molecule has 2 aromatic rings. The van der Waals surface area contributed by atoms with Crippen molar-refractivity contribution in [2.45, 2.75) is 90.3 Å². The first-order chi connectivity index (χ1) is 15.8. The normalized spacial score (nSPS) is 19.3. The Morgan fingerprint density at radius 1 is 1.24 bits per heavy atom. The first-order valence-electron chi connectivity index (χ1n) is 12.6. The summed E-state index contributed by atoms with van der Waals surface area (Å²) in [5.74, 6) is -0.923. The number of rotatable bonds is 8. The molecule has 1 amide bonds. The zero-order valence-electron chi connectivity index (χ0n) is 22.1. The first kappa shape index (κ1) is 26.8. The van der Waals surface area contributed by atoms with Crippen LogP contribution in [0.2, 0.25) is 19.6 Å². The van der Waals surface area contributed by atoms with Crippen LogP contribution >= 0.6 is 0 Å². The number of methoxy groups -OCH3 is 1. The number of carbonyl (C=O) groups is 1. The lowest BCUT2D eigenvalue weighted by atomic mass is 9.91. The Morgan fingerprint density at radius 3 is 2.62 bits per heavy atom. The zero-order valence-corrected chi connectivity index (χ0v) is 23.1. The number of hydrogen-bond donors (Lipinski definition) is 1. The summed E-state index contributed by atoms with van der Waals surface area (Å²) in [6.45, 7) is 14.0. The molecule has 7 heteroatoms. The number of para-hydroxylation sites is 1. The highest BCUT2D eigenvalue weighted by Crippen LogP contribution is 2.35. The van der Waals surface area contributed by atoms with Crippen molar-refractivity contribution in [3.05, 3.63) is 29.8 Å². The summed E-state index contributed by atoms with van der Waals surface area (Å²) < 4.78 is 17.5. The van der Waals surface area contributed by atoms with Gasteiger partial charge in [0.25, 0.3) is 0 Å². The standard InChI is InChI=1S/C27H43NO5Si/c1-26(2,3)33-25(29)28-17-11-13-20(19-28)12-8-9-16-27(30,31-4)22-15-10-14-21-18-23(32-24(21)22)34(5,6)7/h10,14-15,18,20,30H,8-9,11-13,16-17,19H2,1-7H3/t20?,27-/m0/s1. The molecule has 0 spiro atoms. The van der Waals surface area contributed by atoms with Gasteiger partial charge in [0, 0.05) is 32.0 Å². The highest BCUT2D eigenvalue weighted by atomic mass is 28.3. The fourth-order valence-corrected chi connectivity index (χ4v) is 5.67. The van der Waals surface area contributed by atoms with Gasteiger partial charge in [-0.05, 0) is 64.5 Å². The van der Waals surface area contributed by atoms with Crippen molar-refractivity contribution in [2.75, 3.05) is 20.2 Å². The number of nitrogens with zero attached hydrogens (tertiary/aromatic N) is 1. The Morgan fingerprint density at radius 2 is 1.97 bits per heavy atom. The summed E-state index contributed by atoms with van der Waals surface area (Å²) in [7, 11) is -0.0558. The van der Waals surface area contributed by atoms with Crippen LogP contribution in [0.3, 0.4) is 0 Å². The third-order valence-corrected chi connectivity index (χ3v) is 8.32. The smallest absolute Gasteiger partial charge is 0.410 e. The van der Waals surface area contributed by atoms with Gasteiger partial charge in [-0.15, -0.1) is 0 Å². The molecule has 0 radical (unpaired) electrons. The van der Waals surface area contributed by atoms with Gasteiger partial charge in [0.15, 0.2) is 5.79 Å². The maximum absolute atomic E-state index is 12.4. The Labute approximate surface area is 205 Å². The van der Waals surface area contributed by atoms with Gasteiger partial charge < -0.3 is 23.9 Å². The molecule has 1 unspecified atom stereocenters. The highest BCUT2D eigenvalue weighted by Gasteiger charge is 2.33. The van der Waals surface area contributed by atoms with E-state index < -0.39 is 19.5 Å². The van der Waals surface area contributed by atoms with Crippen molar-refractivity contribution in [1.82, 2.24) is 4.90 Å². The second-order valence-corrected chi connectivity index (χ2v) is 16.7. The van der Waals surface area contributed by atoms with Crippen molar-refractivity contribution in [1.29, 1.82) is 0 Å². The molecule has 2 atom stereocenters. The van der Waals surface area contributed by atoms with Gasteiger partial charge in [0.2, 0.25) is 0 Å². The number of carbonyl (C=O) groups excluding carboxylic acids is 1. The lowest BCUT2D eigenvalue weighted by molar-refractivity contribution is -0.199. The van der Waals surface area contributed by atoms with Crippen LogP contribution in [-0.4, -0.2) is 50.0 Å². The molecular weight excluding hydrogens is 446 g/mol. The molecule has 1 aliphatic rings. The molecule has 1 fully saturated rings. The number of likely N-dealkylation sites (tertiary alicyclic amines) is 1. The molecular formula is C27H43NO5Si. The van der Waals surface area contributed by atoms with Crippen LogP contribution in [0.15, 0.2) is 28.7 Å². The fraction of sp³-hybridized carbons (Fsp3) is 0.667. The van der Waals surface area contributed by atoms with Gasteiger partial charge in [-0.2, -0.15) is 0 Å². The lowest BCUT2D eigenvalue weighted by Crippen LogP contribution is -2.42. The quantitative estimate of drug-likeness (QED) is 0.281. The minimum Gasteiger partial charge on any atom is -0.466 e. The van der Waals surface area contributed by atoms with Crippen LogP contribution in [0, 0.1) is 5.92 Å². The number of hydrogen-bond acceptors (Lipinski definition) is 5. The zero-order chi connectivity index (χ0) is 25.1. The average molecular weight is 490 g/mol. The second kappa shape index (κ2) is 10.4. The van der Waals surface area contributed by atoms with E-state index in [1.165, 1.54) is 0 Å². The topological polar surface area (TPSA) is 72.1 Å². The van der Waals surface area contributed by atoms with E-state index in [1.807, 2.05) is 43.9 Å². The number of furan rings is 1. The van der Waals surface area contributed by atoms with E-state index >= 15 is 0 Å². The summed E-state index contributed by atoms with van der Waals surface area (Å²) in [5.41, 5.74) is 0.955. The molecule has 1 saturated heterocycles. The number of ether oxygens (including phenoxy) is 2. The largest absolute Gasteiger partial charge is 0.466 e. The molecule has 34 heavy (non-hydrogen) atoms. The molecule has 3 rings (SSSR count). The predicted octanol–water partition coefficient (Wildman–Crippen LogP) is 5.98. The van der Waals surface area contributed by atoms with E-state index in [-0.39, 0.29) is 6.09 Å². The molecule has 0 bridgehead atoms. The predicted molar refractivity (Wildman–Crippen MR) is 139 cm³/mol. The molecule has 6 nitrogen and oxygen atoms in total. The molecule has 2 heterocycles. The second-order valence-electron chi connectivity index (χ2n) is 11.8. The third kappa shape index (κ3) is 6.64. The lowest BCUT2D eigenvalue weighted by Gasteiger charge is -2.34.